The highest BCUT2D eigenvalue weighted by molar-refractivity contribution is 7.14. The highest BCUT2D eigenvalue weighted by Crippen LogP contribution is 2.24. The number of benzene rings is 2. The van der Waals surface area contributed by atoms with Crippen molar-refractivity contribution in [3.63, 3.8) is 0 Å². The Morgan fingerprint density at radius 2 is 1.63 bits per heavy atom. The Balaban J connectivity index is 1.55. The molecule has 0 saturated heterocycles. The van der Waals surface area contributed by atoms with Crippen LogP contribution in [0.15, 0.2) is 66.0 Å². The number of anilines is 1. The van der Waals surface area contributed by atoms with Crippen molar-refractivity contribution in [3.8, 4) is 11.3 Å². The number of carbonyl (C=O) groups is 3. The largest absolute Gasteiger partial charge is 0.445 e. The van der Waals surface area contributed by atoms with Gasteiger partial charge >= 0.3 is 12.2 Å². The minimum absolute atomic E-state index is 0.0910. The fourth-order valence-corrected chi connectivity index (χ4v) is 4.14. The zero-order valence-corrected chi connectivity index (χ0v) is 22.7. The van der Waals surface area contributed by atoms with Crippen LogP contribution < -0.4 is 16.0 Å². The predicted octanol–water partition coefficient (Wildman–Crippen LogP) is 5.74. The second-order valence-electron chi connectivity index (χ2n) is 9.58. The zero-order chi connectivity index (χ0) is 27.4. The van der Waals surface area contributed by atoms with Crippen molar-refractivity contribution in [3.05, 3.63) is 71.6 Å². The minimum Gasteiger partial charge on any atom is -0.445 e. The molecule has 1 atom stereocenters. The molecule has 202 valence electrons. The van der Waals surface area contributed by atoms with Crippen molar-refractivity contribution in [1.82, 2.24) is 15.6 Å². The summed E-state index contributed by atoms with van der Waals surface area (Å²) in [5.41, 5.74) is 1.97. The summed E-state index contributed by atoms with van der Waals surface area (Å²) in [5, 5.41) is 10.5. The van der Waals surface area contributed by atoms with E-state index in [1.807, 2.05) is 66.0 Å². The second kappa shape index (κ2) is 14.1. The first-order valence-corrected chi connectivity index (χ1v) is 13.3. The third-order valence-electron chi connectivity index (χ3n) is 5.21. The number of amides is 3. The van der Waals surface area contributed by atoms with Crippen LogP contribution in [0.2, 0.25) is 0 Å². The number of carbonyl (C=O) groups excluding carboxylic acids is 3. The maximum Gasteiger partial charge on any atom is 0.408 e. The fourth-order valence-electron chi connectivity index (χ4n) is 3.42. The van der Waals surface area contributed by atoms with Crippen LogP contribution >= 0.6 is 11.3 Å². The molecule has 38 heavy (non-hydrogen) atoms. The lowest BCUT2D eigenvalue weighted by molar-refractivity contribution is -0.118. The van der Waals surface area contributed by atoms with Gasteiger partial charge in [0.05, 0.1) is 5.69 Å². The zero-order valence-electron chi connectivity index (χ0n) is 21.9. The lowest BCUT2D eigenvalue weighted by Crippen LogP contribution is -2.44. The van der Waals surface area contributed by atoms with Gasteiger partial charge in [0.25, 0.3) is 0 Å². The first kappa shape index (κ1) is 28.6. The van der Waals surface area contributed by atoms with E-state index in [1.54, 1.807) is 20.8 Å². The summed E-state index contributed by atoms with van der Waals surface area (Å²) in [6, 6.07) is 18.1. The minimum atomic E-state index is -0.844. The maximum absolute atomic E-state index is 13.1. The first-order valence-electron chi connectivity index (χ1n) is 12.5. The van der Waals surface area contributed by atoms with E-state index < -0.39 is 29.7 Å². The molecule has 0 aliphatic carbocycles. The van der Waals surface area contributed by atoms with Crippen LogP contribution in [-0.4, -0.2) is 41.3 Å². The van der Waals surface area contributed by atoms with Gasteiger partial charge in [-0.1, -0.05) is 60.7 Å². The van der Waals surface area contributed by atoms with E-state index in [0.29, 0.717) is 30.9 Å². The van der Waals surface area contributed by atoms with Gasteiger partial charge in [-0.15, -0.1) is 11.3 Å². The summed E-state index contributed by atoms with van der Waals surface area (Å²) in [6.07, 6.45) is 0.329. The number of ether oxygens (including phenoxy) is 2. The Morgan fingerprint density at radius 3 is 2.32 bits per heavy atom. The van der Waals surface area contributed by atoms with E-state index in [2.05, 4.69) is 20.9 Å². The van der Waals surface area contributed by atoms with E-state index in [9.17, 15) is 14.4 Å². The molecule has 3 N–H and O–H groups in total. The van der Waals surface area contributed by atoms with E-state index in [1.165, 1.54) is 11.3 Å². The molecule has 0 aliphatic rings. The molecular weight excluding hydrogens is 504 g/mol. The van der Waals surface area contributed by atoms with Crippen molar-refractivity contribution in [1.29, 1.82) is 0 Å². The Labute approximate surface area is 227 Å². The van der Waals surface area contributed by atoms with Gasteiger partial charge in [-0.05, 0) is 45.6 Å². The van der Waals surface area contributed by atoms with Crippen molar-refractivity contribution in [2.75, 3.05) is 11.9 Å². The molecule has 0 bridgehead atoms. The van der Waals surface area contributed by atoms with Gasteiger partial charge in [0.15, 0.2) is 5.13 Å². The Bertz CT molecular complexity index is 1180. The number of hydrogen-bond donors (Lipinski definition) is 3. The van der Waals surface area contributed by atoms with Gasteiger partial charge in [0.2, 0.25) is 5.91 Å². The molecular formula is C28H34N4O5S. The molecule has 0 spiro atoms. The standard InChI is InChI=1S/C28H34N4O5S/c1-28(2,3)37-26(34)29-17-11-10-16-22(31-27(35)36-18-20-12-6-4-7-13-20)24(33)32-25-30-23(19-38-25)21-14-8-5-9-15-21/h4-9,12-15,19,22H,10-11,16-18H2,1-3H3,(H,29,34)(H,31,35)(H,30,32,33)/t22-/m0/s1. The lowest BCUT2D eigenvalue weighted by atomic mass is 10.1. The van der Waals surface area contributed by atoms with Crippen molar-refractivity contribution < 1.29 is 23.9 Å². The molecule has 3 amide bonds. The van der Waals surface area contributed by atoms with E-state index >= 15 is 0 Å². The van der Waals surface area contributed by atoms with Crippen LogP contribution in [0.5, 0.6) is 0 Å². The Morgan fingerprint density at radius 1 is 0.947 bits per heavy atom. The molecule has 0 fully saturated rings. The summed E-state index contributed by atoms with van der Waals surface area (Å²) in [6.45, 7) is 5.86. The molecule has 0 saturated carbocycles. The molecule has 3 rings (SSSR count). The first-order chi connectivity index (χ1) is 18.2. The molecule has 0 unspecified atom stereocenters. The van der Waals surface area contributed by atoms with Gasteiger partial charge in [-0.2, -0.15) is 0 Å². The second-order valence-corrected chi connectivity index (χ2v) is 10.4. The summed E-state index contributed by atoms with van der Waals surface area (Å²) >= 11 is 1.31. The third kappa shape index (κ3) is 10.2. The molecule has 1 aromatic heterocycles. The van der Waals surface area contributed by atoms with E-state index in [-0.39, 0.29) is 6.61 Å². The smallest absolute Gasteiger partial charge is 0.408 e. The highest BCUT2D eigenvalue weighted by Gasteiger charge is 2.23. The summed E-state index contributed by atoms with van der Waals surface area (Å²) < 4.78 is 10.5. The van der Waals surface area contributed by atoms with Crippen molar-refractivity contribution in [2.45, 2.75) is 58.3 Å². The molecule has 0 aliphatic heterocycles. The van der Waals surface area contributed by atoms with Gasteiger partial charge in [-0.3, -0.25) is 4.79 Å². The quantitative estimate of drug-likeness (QED) is 0.268. The number of thiazole rings is 1. The normalized spacial score (nSPS) is 11.8. The van der Waals surface area contributed by atoms with Crippen LogP contribution in [0.25, 0.3) is 11.3 Å². The lowest BCUT2D eigenvalue weighted by Gasteiger charge is -2.20. The molecule has 1 heterocycles. The number of nitrogens with zero attached hydrogens (tertiary/aromatic N) is 1. The Kier molecular flexibility index (Phi) is 10.7. The van der Waals surface area contributed by atoms with Gasteiger partial charge < -0.3 is 25.4 Å². The number of aromatic nitrogens is 1. The number of alkyl carbamates (subject to hydrolysis) is 2. The summed E-state index contributed by atoms with van der Waals surface area (Å²) in [5.74, 6) is -0.393. The molecule has 10 heteroatoms. The molecule has 0 radical (unpaired) electrons. The number of nitrogens with one attached hydrogen (secondary N) is 3. The topological polar surface area (TPSA) is 119 Å². The highest BCUT2D eigenvalue weighted by atomic mass is 32.1. The fraction of sp³-hybridized carbons (Fsp3) is 0.357. The monoisotopic (exact) mass is 538 g/mol. The van der Waals surface area contributed by atoms with Crippen molar-refractivity contribution >= 4 is 34.6 Å². The van der Waals surface area contributed by atoms with Gasteiger partial charge in [-0.25, -0.2) is 14.6 Å². The van der Waals surface area contributed by atoms with E-state index in [4.69, 9.17) is 9.47 Å². The van der Waals surface area contributed by atoms with Crippen LogP contribution in [-0.2, 0) is 20.9 Å². The van der Waals surface area contributed by atoms with Crippen molar-refractivity contribution in [2.24, 2.45) is 0 Å². The number of unbranched alkanes of at least 4 members (excludes halogenated alkanes) is 1. The maximum atomic E-state index is 13.1. The molecule has 2 aromatic carbocycles. The molecule has 3 aromatic rings. The Hall–Kier alpha value is -3.92. The van der Waals surface area contributed by atoms with Gasteiger partial charge in [0.1, 0.15) is 18.2 Å². The third-order valence-corrected chi connectivity index (χ3v) is 5.97. The van der Waals surface area contributed by atoms with Gasteiger partial charge in [0, 0.05) is 17.5 Å². The average Bonchev–Trinajstić information content (AvgIpc) is 3.35. The average molecular weight is 539 g/mol. The van der Waals surface area contributed by atoms with E-state index in [0.717, 1.165) is 16.8 Å². The predicted molar refractivity (Wildman–Crippen MR) is 148 cm³/mol. The number of hydrogen-bond acceptors (Lipinski definition) is 7. The van der Waals surface area contributed by atoms with Crippen LogP contribution in [0.4, 0.5) is 14.7 Å². The van der Waals surface area contributed by atoms with Crippen LogP contribution in [0.3, 0.4) is 0 Å². The summed E-state index contributed by atoms with van der Waals surface area (Å²) in [4.78, 5) is 41.9. The van der Waals surface area contributed by atoms with Crippen LogP contribution in [0.1, 0.15) is 45.6 Å². The molecule has 9 nitrogen and oxygen atoms in total. The number of rotatable bonds is 11. The summed E-state index contributed by atoms with van der Waals surface area (Å²) in [7, 11) is 0. The van der Waals surface area contributed by atoms with Crippen LogP contribution in [0, 0.1) is 0 Å². The SMILES string of the molecule is CC(C)(C)OC(=O)NCCCC[C@H](NC(=O)OCc1ccccc1)C(=O)Nc1nc(-c2ccccc2)cs1.